The van der Waals surface area contributed by atoms with Crippen molar-refractivity contribution in [2.75, 3.05) is 6.54 Å². The van der Waals surface area contributed by atoms with Gasteiger partial charge in [0.15, 0.2) is 0 Å². The number of halogens is 2. The molecule has 1 aromatic rings. The van der Waals surface area contributed by atoms with Crippen molar-refractivity contribution < 1.29 is 0 Å². The number of benzene rings is 1. The van der Waals surface area contributed by atoms with Gasteiger partial charge in [0.05, 0.1) is 10.0 Å². The molecule has 0 bridgehead atoms. The maximum Gasteiger partial charge on any atom is 0.145 e. The highest BCUT2D eigenvalue weighted by molar-refractivity contribution is 6.42. The molecule has 17 heavy (non-hydrogen) atoms. The summed E-state index contributed by atoms with van der Waals surface area (Å²) in [6.07, 6.45) is 2.13. The topological polar surface area (TPSA) is 59.6 Å². The Bertz CT molecular complexity index is 493. The third-order valence-corrected chi connectivity index (χ3v) is 2.77. The summed E-state index contributed by atoms with van der Waals surface area (Å²) in [7, 11) is 0. The molecule has 0 aromatic heterocycles. The summed E-state index contributed by atoms with van der Waals surface area (Å²) in [5.74, 6) is 0. The molecule has 0 saturated heterocycles. The summed E-state index contributed by atoms with van der Waals surface area (Å²) in [6.45, 7) is 0.616. The molecule has 0 aliphatic rings. The van der Waals surface area contributed by atoms with E-state index in [1.54, 1.807) is 24.3 Å². The van der Waals surface area contributed by atoms with Gasteiger partial charge in [-0.25, -0.2) is 0 Å². The molecule has 1 aromatic carbocycles. The highest BCUT2D eigenvalue weighted by Gasteiger charge is 1.99. The Morgan fingerprint density at radius 2 is 1.94 bits per heavy atom. The molecule has 0 aliphatic carbocycles. The first-order valence-electron chi connectivity index (χ1n) is 4.85. The van der Waals surface area contributed by atoms with Crippen LogP contribution in [0.3, 0.4) is 0 Å². The summed E-state index contributed by atoms with van der Waals surface area (Å²) in [5, 5.41) is 20.9. The average molecular weight is 266 g/mol. The van der Waals surface area contributed by atoms with E-state index in [4.69, 9.17) is 33.7 Å². The summed E-state index contributed by atoms with van der Waals surface area (Å²) < 4.78 is 0. The molecule has 0 fully saturated rings. The second-order valence-electron chi connectivity index (χ2n) is 3.23. The maximum atomic E-state index is 8.50. The van der Waals surface area contributed by atoms with Crippen molar-refractivity contribution in [3.05, 3.63) is 45.6 Å². The van der Waals surface area contributed by atoms with E-state index in [9.17, 15) is 0 Å². The van der Waals surface area contributed by atoms with E-state index in [2.05, 4.69) is 5.32 Å². The van der Waals surface area contributed by atoms with Crippen LogP contribution in [0.15, 0.2) is 30.0 Å². The molecule has 3 nitrogen and oxygen atoms in total. The number of nitrogens with one attached hydrogen (secondary N) is 1. The van der Waals surface area contributed by atoms with Crippen LogP contribution >= 0.6 is 23.2 Å². The lowest BCUT2D eigenvalue weighted by Crippen LogP contribution is -2.10. The number of hydrogen-bond acceptors (Lipinski definition) is 3. The van der Waals surface area contributed by atoms with E-state index in [-0.39, 0.29) is 5.57 Å². The van der Waals surface area contributed by atoms with Gasteiger partial charge in [-0.2, -0.15) is 10.5 Å². The van der Waals surface area contributed by atoms with E-state index in [0.29, 0.717) is 16.6 Å². The molecule has 0 unspecified atom stereocenters. The van der Waals surface area contributed by atoms with Gasteiger partial charge in [0.2, 0.25) is 0 Å². The van der Waals surface area contributed by atoms with Gasteiger partial charge >= 0.3 is 0 Å². The molecule has 0 amide bonds. The molecule has 1 N–H and O–H groups in total. The summed E-state index contributed by atoms with van der Waals surface area (Å²) in [4.78, 5) is 0. The van der Waals surface area contributed by atoms with E-state index in [1.165, 1.54) is 6.20 Å². The molecule has 0 atom stereocenters. The predicted octanol–water partition coefficient (Wildman–Crippen LogP) is 3.06. The fourth-order valence-electron chi connectivity index (χ4n) is 1.18. The van der Waals surface area contributed by atoms with E-state index >= 15 is 0 Å². The number of rotatable bonds is 4. The van der Waals surface area contributed by atoms with Crippen LogP contribution in [-0.4, -0.2) is 6.54 Å². The van der Waals surface area contributed by atoms with Gasteiger partial charge in [0.1, 0.15) is 17.7 Å². The van der Waals surface area contributed by atoms with Crippen molar-refractivity contribution in [1.82, 2.24) is 5.32 Å². The first-order valence-corrected chi connectivity index (χ1v) is 5.60. The second kappa shape index (κ2) is 6.81. The minimum absolute atomic E-state index is 0.0548. The zero-order valence-corrected chi connectivity index (χ0v) is 10.4. The molecular formula is C12H9Cl2N3. The molecule has 0 radical (unpaired) electrons. The molecule has 1 rings (SSSR count). The SMILES string of the molecule is N#CC(C#N)=CNCCc1ccc(Cl)c(Cl)c1. The molecular weight excluding hydrogens is 257 g/mol. The minimum Gasteiger partial charge on any atom is -0.389 e. The van der Waals surface area contributed by atoms with Gasteiger partial charge in [0, 0.05) is 12.7 Å². The van der Waals surface area contributed by atoms with Crippen molar-refractivity contribution in [1.29, 1.82) is 10.5 Å². The molecule has 86 valence electrons. The summed E-state index contributed by atoms with van der Waals surface area (Å²) in [6, 6.07) is 8.95. The number of hydrogen-bond donors (Lipinski definition) is 1. The van der Waals surface area contributed by atoms with Gasteiger partial charge in [-0.1, -0.05) is 29.3 Å². The molecule has 0 saturated carbocycles. The summed E-state index contributed by atoms with van der Waals surface area (Å²) in [5.41, 5.74) is 1.09. The lowest BCUT2D eigenvalue weighted by Gasteiger charge is -2.03. The molecule has 0 heterocycles. The lowest BCUT2D eigenvalue weighted by atomic mass is 10.1. The van der Waals surface area contributed by atoms with Crippen LogP contribution in [0.4, 0.5) is 0 Å². The molecule has 0 aliphatic heterocycles. The van der Waals surface area contributed by atoms with Gasteiger partial charge in [-0.15, -0.1) is 0 Å². The number of nitriles is 2. The molecule has 5 heteroatoms. The maximum absolute atomic E-state index is 8.50. The quantitative estimate of drug-likeness (QED) is 0.673. The molecule has 0 spiro atoms. The van der Waals surface area contributed by atoms with Crippen molar-refractivity contribution in [3.8, 4) is 12.1 Å². The third kappa shape index (κ3) is 4.36. The second-order valence-corrected chi connectivity index (χ2v) is 4.05. The smallest absolute Gasteiger partial charge is 0.145 e. The highest BCUT2D eigenvalue weighted by Crippen LogP contribution is 2.22. The standard InChI is InChI=1S/C12H9Cl2N3/c13-11-2-1-9(5-12(11)14)3-4-17-8-10(6-15)7-16/h1-2,5,8,17H,3-4H2. The Hall–Kier alpha value is -1.68. The number of allylic oxidation sites excluding steroid dienone is 1. The Kier molecular flexibility index (Phi) is 5.36. The third-order valence-electron chi connectivity index (χ3n) is 2.03. The zero-order chi connectivity index (χ0) is 12.7. The monoisotopic (exact) mass is 265 g/mol. The van der Waals surface area contributed by atoms with Crippen LogP contribution in [0, 0.1) is 22.7 Å². The first-order chi connectivity index (χ1) is 8.17. The van der Waals surface area contributed by atoms with Gasteiger partial charge in [-0.3, -0.25) is 0 Å². The largest absolute Gasteiger partial charge is 0.389 e. The van der Waals surface area contributed by atoms with Crippen molar-refractivity contribution in [3.63, 3.8) is 0 Å². The fraction of sp³-hybridized carbons (Fsp3) is 0.167. The van der Waals surface area contributed by atoms with E-state index in [1.807, 2.05) is 6.07 Å². The van der Waals surface area contributed by atoms with Crippen molar-refractivity contribution >= 4 is 23.2 Å². The van der Waals surface area contributed by atoms with Crippen LogP contribution in [0.1, 0.15) is 5.56 Å². The van der Waals surface area contributed by atoms with Crippen molar-refractivity contribution in [2.45, 2.75) is 6.42 Å². The minimum atomic E-state index is 0.0548. The van der Waals surface area contributed by atoms with Gasteiger partial charge in [0.25, 0.3) is 0 Å². The zero-order valence-electron chi connectivity index (χ0n) is 8.87. The predicted molar refractivity (Wildman–Crippen MR) is 67.5 cm³/mol. The number of nitrogens with zero attached hydrogens (tertiary/aromatic N) is 2. The Labute approximate surface area is 110 Å². The Balaban J connectivity index is 2.47. The van der Waals surface area contributed by atoms with E-state index in [0.717, 1.165) is 12.0 Å². The first kappa shape index (κ1) is 13.4. The van der Waals surface area contributed by atoms with Crippen LogP contribution in [0.25, 0.3) is 0 Å². The van der Waals surface area contributed by atoms with Crippen LogP contribution < -0.4 is 5.32 Å². The Morgan fingerprint density at radius 1 is 1.24 bits per heavy atom. The summed E-state index contributed by atoms with van der Waals surface area (Å²) >= 11 is 11.7. The fourth-order valence-corrected chi connectivity index (χ4v) is 1.50. The van der Waals surface area contributed by atoms with Crippen LogP contribution in [0.2, 0.25) is 10.0 Å². The van der Waals surface area contributed by atoms with Crippen LogP contribution in [0.5, 0.6) is 0 Å². The lowest BCUT2D eigenvalue weighted by molar-refractivity contribution is 0.830. The van der Waals surface area contributed by atoms with Gasteiger partial charge in [-0.05, 0) is 24.1 Å². The highest BCUT2D eigenvalue weighted by atomic mass is 35.5. The van der Waals surface area contributed by atoms with Crippen molar-refractivity contribution in [2.24, 2.45) is 0 Å². The average Bonchev–Trinajstić information content (AvgIpc) is 2.34. The van der Waals surface area contributed by atoms with Gasteiger partial charge < -0.3 is 5.32 Å². The van der Waals surface area contributed by atoms with E-state index < -0.39 is 0 Å². The Morgan fingerprint density at radius 3 is 2.53 bits per heavy atom. The van der Waals surface area contributed by atoms with Crippen LogP contribution in [-0.2, 0) is 6.42 Å². The normalized spacial score (nSPS) is 8.94.